The molecule has 1 aromatic heterocycles. The summed E-state index contributed by atoms with van der Waals surface area (Å²) in [5.74, 6) is 2.77. The van der Waals surface area contributed by atoms with Crippen LogP contribution in [0.3, 0.4) is 0 Å². The normalized spacial score (nSPS) is 26.1. The van der Waals surface area contributed by atoms with Crippen molar-refractivity contribution < 1.29 is 0 Å². The molecule has 2 heterocycles. The van der Waals surface area contributed by atoms with E-state index in [1.165, 1.54) is 32.1 Å². The van der Waals surface area contributed by atoms with Crippen molar-refractivity contribution in [2.45, 2.75) is 39.0 Å². The summed E-state index contributed by atoms with van der Waals surface area (Å²) in [5.41, 5.74) is 7.64. The number of pyridine rings is 1. The monoisotopic (exact) mass is 272 g/mol. The van der Waals surface area contributed by atoms with Crippen LogP contribution in [0.4, 0.5) is 5.82 Å². The maximum Gasteiger partial charge on any atom is 0.139 e. The van der Waals surface area contributed by atoms with E-state index >= 15 is 0 Å². The second-order valence-corrected chi connectivity index (χ2v) is 6.28. The standard InChI is InChI=1S/C16H24N4/c1-11-6-8-19-16(14(11)15(17)18)20-9-7-12-4-2-3-5-13(12)10-20/h6,8,12-13H,2-5,7,9-10H2,1H3,(H3,17,18). The van der Waals surface area contributed by atoms with Gasteiger partial charge in [0.1, 0.15) is 11.7 Å². The molecule has 20 heavy (non-hydrogen) atoms. The molecule has 1 saturated carbocycles. The Morgan fingerprint density at radius 1 is 1.30 bits per heavy atom. The van der Waals surface area contributed by atoms with Crippen molar-refractivity contribution in [2.75, 3.05) is 18.0 Å². The molecule has 2 unspecified atom stereocenters. The fourth-order valence-corrected chi connectivity index (χ4v) is 3.91. The maximum absolute atomic E-state index is 7.83. The highest BCUT2D eigenvalue weighted by atomic mass is 15.2. The van der Waals surface area contributed by atoms with Gasteiger partial charge in [-0.25, -0.2) is 4.98 Å². The van der Waals surface area contributed by atoms with Crippen molar-refractivity contribution in [2.24, 2.45) is 17.6 Å². The number of nitrogens with zero attached hydrogens (tertiary/aromatic N) is 2. The average molecular weight is 272 g/mol. The SMILES string of the molecule is Cc1ccnc(N2CCC3CCCCC3C2)c1C(=N)N. The first-order valence-electron chi connectivity index (χ1n) is 7.71. The second kappa shape index (κ2) is 5.43. The minimum Gasteiger partial charge on any atom is -0.384 e. The summed E-state index contributed by atoms with van der Waals surface area (Å²) < 4.78 is 0. The summed E-state index contributed by atoms with van der Waals surface area (Å²) in [4.78, 5) is 6.88. The molecule has 4 heteroatoms. The first-order valence-corrected chi connectivity index (χ1v) is 7.71. The van der Waals surface area contributed by atoms with Gasteiger partial charge in [0.05, 0.1) is 5.56 Å². The third-order valence-electron chi connectivity index (χ3n) is 5.00. The number of nitrogens with two attached hydrogens (primary N) is 1. The van der Waals surface area contributed by atoms with Crippen LogP contribution in [0.1, 0.15) is 43.2 Å². The number of aryl methyl sites for hydroxylation is 1. The molecule has 4 nitrogen and oxygen atoms in total. The lowest BCUT2D eigenvalue weighted by atomic mass is 9.75. The van der Waals surface area contributed by atoms with E-state index in [2.05, 4.69) is 9.88 Å². The lowest BCUT2D eigenvalue weighted by Gasteiger charge is -2.42. The molecular formula is C16H24N4. The lowest BCUT2D eigenvalue weighted by molar-refractivity contribution is 0.202. The molecule has 0 spiro atoms. The average Bonchev–Trinajstić information content (AvgIpc) is 2.46. The van der Waals surface area contributed by atoms with Gasteiger partial charge in [0.15, 0.2) is 0 Å². The van der Waals surface area contributed by atoms with Gasteiger partial charge in [0.25, 0.3) is 0 Å². The number of hydrogen-bond acceptors (Lipinski definition) is 3. The molecule has 1 aromatic rings. The molecule has 2 fully saturated rings. The van der Waals surface area contributed by atoms with Gasteiger partial charge in [-0.15, -0.1) is 0 Å². The highest BCUT2D eigenvalue weighted by Gasteiger charge is 2.32. The second-order valence-electron chi connectivity index (χ2n) is 6.28. The lowest BCUT2D eigenvalue weighted by Crippen LogP contribution is -2.43. The highest BCUT2D eigenvalue weighted by molar-refractivity contribution is 6.01. The van der Waals surface area contributed by atoms with Crippen LogP contribution in [0.5, 0.6) is 0 Å². The predicted octanol–water partition coefficient (Wildman–Crippen LogP) is 2.69. The maximum atomic E-state index is 7.83. The van der Waals surface area contributed by atoms with Crippen LogP contribution in [0, 0.1) is 24.2 Å². The van der Waals surface area contributed by atoms with E-state index in [0.29, 0.717) is 0 Å². The molecular weight excluding hydrogens is 248 g/mol. The number of nitrogen functional groups attached to an aromatic ring is 1. The van der Waals surface area contributed by atoms with E-state index in [1.54, 1.807) is 0 Å². The summed E-state index contributed by atoms with van der Waals surface area (Å²) in [5, 5.41) is 7.83. The third kappa shape index (κ3) is 2.39. The zero-order chi connectivity index (χ0) is 14.1. The van der Waals surface area contributed by atoms with Crippen LogP contribution < -0.4 is 10.6 Å². The molecule has 3 N–H and O–H groups in total. The number of piperidine rings is 1. The first kappa shape index (κ1) is 13.4. The number of hydrogen-bond donors (Lipinski definition) is 2. The summed E-state index contributed by atoms with van der Waals surface area (Å²) >= 11 is 0. The zero-order valence-electron chi connectivity index (χ0n) is 12.2. The smallest absolute Gasteiger partial charge is 0.139 e. The molecule has 0 bridgehead atoms. The molecule has 0 aromatic carbocycles. The van der Waals surface area contributed by atoms with Gasteiger partial charge in [0.2, 0.25) is 0 Å². The Morgan fingerprint density at radius 3 is 2.80 bits per heavy atom. The number of anilines is 1. The van der Waals surface area contributed by atoms with E-state index in [4.69, 9.17) is 11.1 Å². The van der Waals surface area contributed by atoms with Crippen LogP contribution >= 0.6 is 0 Å². The molecule has 1 saturated heterocycles. The first-order chi connectivity index (χ1) is 9.66. The fourth-order valence-electron chi connectivity index (χ4n) is 3.91. The summed E-state index contributed by atoms with van der Waals surface area (Å²) in [6.45, 7) is 4.15. The zero-order valence-corrected chi connectivity index (χ0v) is 12.2. The molecule has 1 aliphatic heterocycles. The molecule has 3 rings (SSSR count). The number of amidine groups is 1. The fraction of sp³-hybridized carbons (Fsp3) is 0.625. The van der Waals surface area contributed by atoms with E-state index in [0.717, 1.165) is 41.9 Å². The van der Waals surface area contributed by atoms with Crippen LogP contribution in [-0.2, 0) is 0 Å². The van der Waals surface area contributed by atoms with Gasteiger partial charge in [-0.2, -0.15) is 0 Å². The number of nitrogens with one attached hydrogen (secondary N) is 1. The van der Waals surface area contributed by atoms with Gasteiger partial charge in [0, 0.05) is 19.3 Å². The Balaban J connectivity index is 1.86. The van der Waals surface area contributed by atoms with E-state index in [1.807, 2.05) is 19.2 Å². The van der Waals surface area contributed by atoms with E-state index in [9.17, 15) is 0 Å². The quantitative estimate of drug-likeness (QED) is 0.642. The van der Waals surface area contributed by atoms with Crippen LogP contribution in [0.25, 0.3) is 0 Å². The van der Waals surface area contributed by atoms with Gasteiger partial charge in [-0.3, -0.25) is 5.41 Å². The molecule has 0 amide bonds. The van der Waals surface area contributed by atoms with Crippen molar-refractivity contribution in [3.63, 3.8) is 0 Å². The molecule has 2 atom stereocenters. The van der Waals surface area contributed by atoms with Gasteiger partial charge in [-0.05, 0) is 43.2 Å². The van der Waals surface area contributed by atoms with E-state index in [-0.39, 0.29) is 5.84 Å². The van der Waals surface area contributed by atoms with Crippen LogP contribution in [-0.4, -0.2) is 23.9 Å². The summed E-state index contributed by atoms with van der Waals surface area (Å²) in [6, 6.07) is 1.94. The number of rotatable bonds is 2. The Hall–Kier alpha value is -1.58. The van der Waals surface area contributed by atoms with Crippen molar-refractivity contribution in [3.05, 3.63) is 23.4 Å². The van der Waals surface area contributed by atoms with Crippen molar-refractivity contribution >= 4 is 11.7 Å². The molecule has 0 radical (unpaired) electrons. The van der Waals surface area contributed by atoms with Gasteiger partial charge >= 0.3 is 0 Å². The van der Waals surface area contributed by atoms with Gasteiger partial charge in [-0.1, -0.05) is 19.3 Å². The highest BCUT2D eigenvalue weighted by Crippen LogP contribution is 2.37. The number of fused-ring (bicyclic) bond motifs is 1. The van der Waals surface area contributed by atoms with Crippen LogP contribution in [0.2, 0.25) is 0 Å². The third-order valence-corrected chi connectivity index (χ3v) is 5.00. The van der Waals surface area contributed by atoms with Crippen molar-refractivity contribution in [1.82, 2.24) is 4.98 Å². The van der Waals surface area contributed by atoms with Gasteiger partial charge < -0.3 is 10.6 Å². The predicted molar refractivity (Wildman–Crippen MR) is 82.3 cm³/mol. The van der Waals surface area contributed by atoms with Crippen molar-refractivity contribution in [1.29, 1.82) is 5.41 Å². The van der Waals surface area contributed by atoms with E-state index < -0.39 is 0 Å². The minimum absolute atomic E-state index is 0.136. The Labute approximate surface area is 120 Å². The molecule has 108 valence electrons. The topological polar surface area (TPSA) is 66.0 Å². The number of aromatic nitrogens is 1. The largest absolute Gasteiger partial charge is 0.384 e. The Bertz CT molecular complexity index is 511. The molecule has 2 aliphatic rings. The Morgan fingerprint density at radius 2 is 2.05 bits per heavy atom. The minimum atomic E-state index is 0.136. The summed E-state index contributed by atoms with van der Waals surface area (Å²) in [6.07, 6.45) is 8.63. The summed E-state index contributed by atoms with van der Waals surface area (Å²) in [7, 11) is 0. The Kier molecular flexibility index (Phi) is 3.64. The van der Waals surface area contributed by atoms with Crippen molar-refractivity contribution in [3.8, 4) is 0 Å². The molecule has 1 aliphatic carbocycles. The van der Waals surface area contributed by atoms with Crippen LogP contribution in [0.15, 0.2) is 12.3 Å².